The Hall–Kier alpha value is -2.34. The molecular formula is C18H18F3NO2. The molecule has 0 bridgehead atoms. The third kappa shape index (κ3) is 5.09. The molecule has 2 aromatic carbocycles. The van der Waals surface area contributed by atoms with E-state index in [4.69, 9.17) is 5.11 Å². The maximum absolute atomic E-state index is 12.7. The number of nitrogens with one attached hydrogen (secondary N) is 1. The van der Waals surface area contributed by atoms with E-state index in [-0.39, 0.29) is 12.5 Å². The largest absolute Gasteiger partial charge is 0.480 e. The highest BCUT2D eigenvalue weighted by molar-refractivity contribution is 5.68. The van der Waals surface area contributed by atoms with Crippen LogP contribution in [0.5, 0.6) is 0 Å². The van der Waals surface area contributed by atoms with Crippen molar-refractivity contribution in [2.45, 2.75) is 18.5 Å². The van der Waals surface area contributed by atoms with Crippen LogP contribution in [-0.4, -0.2) is 24.2 Å². The average molecular weight is 337 g/mol. The smallest absolute Gasteiger partial charge is 0.416 e. The van der Waals surface area contributed by atoms with Gasteiger partial charge in [0.1, 0.15) is 0 Å². The van der Waals surface area contributed by atoms with Crippen molar-refractivity contribution < 1.29 is 23.1 Å². The SMILES string of the molecule is O=C(O)CNCCC(c1ccccc1)c1ccc(C(F)(F)F)cc1. The molecule has 2 N–H and O–H groups in total. The Morgan fingerprint density at radius 1 is 1.00 bits per heavy atom. The van der Waals surface area contributed by atoms with Gasteiger partial charge >= 0.3 is 12.1 Å². The van der Waals surface area contributed by atoms with Gasteiger partial charge in [0.2, 0.25) is 0 Å². The lowest BCUT2D eigenvalue weighted by Crippen LogP contribution is -2.24. The van der Waals surface area contributed by atoms with E-state index >= 15 is 0 Å². The molecule has 0 aromatic heterocycles. The van der Waals surface area contributed by atoms with Gasteiger partial charge in [-0.15, -0.1) is 0 Å². The van der Waals surface area contributed by atoms with E-state index in [9.17, 15) is 18.0 Å². The third-order valence-corrected chi connectivity index (χ3v) is 3.73. The first-order valence-corrected chi connectivity index (χ1v) is 7.52. The van der Waals surface area contributed by atoms with Crippen molar-refractivity contribution in [1.82, 2.24) is 5.32 Å². The van der Waals surface area contributed by atoms with E-state index in [1.165, 1.54) is 12.1 Å². The predicted molar refractivity (Wildman–Crippen MR) is 84.9 cm³/mol. The number of carboxylic acids is 1. The van der Waals surface area contributed by atoms with Crippen LogP contribution in [0.15, 0.2) is 54.6 Å². The number of aliphatic carboxylic acids is 1. The molecule has 0 fully saturated rings. The van der Waals surface area contributed by atoms with E-state index < -0.39 is 17.7 Å². The first-order chi connectivity index (χ1) is 11.4. The second-order valence-electron chi connectivity index (χ2n) is 5.44. The number of halogens is 3. The summed E-state index contributed by atoms with van der Waals surface area (Å²) in [6.07, 6.45) is -3.77. The lowest BCUT2D eigenvalue weighted by atomic mass is 9.88. The number of alkyl halides is 3. The van der Waals surface area contributed by atoms with Gasteiger partial charge in [0.25, 0.3) is 0 Å². The normalized spacial score (nSPS) is 12.8. The van der Waals surface area contributed by atoms with Crippen LogP contribution in [0, 0.1) is 0 Å². The van der Waals surface area contributed by atoms with Gasteiger partial charge in [-0.25, -0.2) is 0 Å². The Bertz CT molecular complexity index is 654. The highest BCUT2D eigenvalue weighted by Gasteiger charge is 2.30. The number of hydrogen-bond acceptors (Lipinski definition) is 2. The molecule has 0 aliphatic carbocycles. The summed E-state index contributed by atoms with van der Waals surface area (Å²) in [5, 5.41) is 11.5. The van der Waals surface area contributed by atoms with Gasteiger partial charge in [-0.3, -0.25) is 4.79 Å². The number of carboxylic acid groups (broad SMARTS) is 1. The first-order valence-electron chi connectivity index (χ1n) is 7.52. The molecule has 2 rings (SSSR count). The minimum absolute atomic E-state index is 0.102. The van der Waals surface area contributed by atoms with Gasteiger partial charge in [0.05, 0.1) is 12.1 Å². The summed E-state index contributed by atoms with van der Waals surface area (Å²) in [5.41, 5.74) is 1.07. The van der Waals surface area contributed by atoms with Crippen LogP contribution >= 0.6 is 0 Å². The fourth-order valence-electron chi connectivity index (χ4n) is 2.56. The van der Waals surface area contributed by atoms with Crippen LogP contribution < -0.4 is 5.32 Å². The fraction of sp³-hybridized carbons (Fsp3) is 0.278. The Balaban J connectivity index is 2.17. The number of benzene rings is 2. The minimum atomic E-state index is -4.36. The first kappa shape index (κ1) is 18.0. The van der Waals surface area contributed by atoms with Crippen molar-refractivity contribution in [3.8, 4) is 0 Å². The van der Waals surface area contributed by atoms with Crippen LogP contribution in [0.1, 0.15) is 29.0 Å². The van der Waals surface area contributed by atoms with Crippen molar-refractivity contribution in [3.05, 3.63) is 71.3 Å². The monoisotopic (exact) mass is 337 g/mol. The van der Waals surface area contributed by atoms with Crippen molar-refractivity contribution in [2.75, 3.05) is 13.1 Å². The molecule has 0 heterocycles. The molecule has 128 valence electrons. The van der Waals surface area contributed by atoms with Gasteiger partial charge in [0.15, 0.2) is 0 Å². The molecule has 0 radical (unpaired) electrons. The zero-order valence-corrected chi connectivity index (χ0v) is 12.9. The van der Waals surface area contributed by atoms with Crippen LogP contribution in [0.3, 0.4) is 0 Å². The predicted octanol–water partition coefficient (Wildman–Crippen LogP) is 3.90. The molecule has 2 aromatic rings. The number of rotatable bonds is 7. The molecular weight excluding hydrogens is 319 g/mol. The van der Waals surface area contributed by atoms with Crippen molar-refractivity contribution >= 4 is 5.97 Å². The Morgan fingerprint density at radius 3 is 2.12 bits per heavy atom. The number of hydrogen-bond donors (Lipinski definition) is 2. The maximum atomic E-state index is 12.7. The minimum Gasteiger partial charge on any atom is -0.480 e. The van der Waals surface area contributed by atoms with Gasteiger partial charge in [-0.2, -0.15) is 13.2 Å². The van der Waals surface area contributed by atoms with Crippen LogP contribution in [0.25, 0.3) is 0 Å². The highest BCUT2D eigenvalue weighted by atomic mass is 19.4. The van der Waals surface area contributed by atoms with Gasteiger partial charge < -0.3 is 10.4 Å². The molecule has 1 atom stereocenters. The van der Waals surface area contributed by atoms with Crippen LogP contribution in [-0.2, 0) is 11.0 Å². The lowest BCUT2D eigenvalue weighted by molar-refractivity contribution is -0.138. The second-order valence-corrected chi connectivity index (χ2v) is 5.44. The summed E-state index contributed by atoms with van der Waals surface area (Å²) >= 11 is 0. The van der Waals surface area contributed by atoms with E-state index in [0.29, 0.717) is 13.0 Å². The standard InChI is InChI=1S/C18H18F3NO2/c19-18(20,21)15-8-6-14(7-9-15)16(10-11-22-12-17(23)24)13-4-2-1-3-5-13/h1-9,16,22H,10-12H2,(H,23,24). The van der Waals surface area contributed by atoms with E-state index in [1.54, 1.807) is 0 Å². The van der Waals surface area contributed by atoms with E-state index in [2.05, 4.69) is 5.32 Å². The molecule has 6 heteroatoms. The molecule has 0 saturated heterocycles. The van der Waals surface area contributed by atoms with E-state index in [0.717, 1.165) is 23.3 Å². The Kier molecular flexibility index (Phi) is 5.98. The summed E-state index contributed by atoms with van der Waals surface area (Å²) in [7, 11) is 0. The third-order valence-electron chi connectivity index (χ3n) is 3.73. The van der Waals surface area contributed by atoms with Gasteiger partial charge in [-0.1, -0.05) is 42.5 Å². The summed E-state index contributed by atoms with van der Waals surface area (Å²) < 4.78 is 38.1. The highest BCUT2D eigenvalue weighted by Crippen LogP contribution is 2.32. The van der Waals surface area contributed by atoms with E-state index in [1.807, 2.05) is 30.3 Å². The molecule has 0 saturated carbocycles. The zero-order valence-electron chi connectivity index (χ0n) is 12.9. The Morgan fingerprint density at radius 2 is 1.58 bits per heavy atom. The van der Waals surface area contributed by atoms with Crippen molar-refractivity contribution in [1.29, 1.82) is 0 Å². The quantitative estimate of drug-likeness (QED) is 0.754. The van der Waals surface area contributed by atoms with Crippen LogP contribution in [0.2, 0.25) is 0 Å². The van der Waals surface area contributed by atoms with Gasteiger partial charge in [-0.05, 0) is 36.2 Å². The topological polar surface area (TPSA) is 49.3 Å². The zero-order chi connectivity index (χ0) is 17.6. The molecule has 0 amide bonds. The summed E-state index contributed by atoms with van der Waals surface area (Å²) in [4.78, 5) is 10.5. The summed E-state index contributed by atoms with van der Waals surface area (Å²) in [6, 6.07) is 14.6. The lowest BCUT2D eigenvalue weighted by Gasteiger charge is -2.19. The summed E-state index contributed by atoms with van der Waals surface area (Å²) in [5.74, 6) is -1.05. The van der Waals surface area contributed by atoms with Gasteiger partial charge in [0, 0.05) is 5.92 Å². The van der Waals surface area contributed by atoms with Crippen LogP contribution in [0.4, 0.5) is 13.2 Å². The summed E-state index contributed by atoms with van der Waals surface area (Å²) in [6.45, 7) is 0.307. The second kappa shape index (κ2) is 7.97. The molecule has 3 nitrogen and oxygen atoms in total. The Labute approximate surface area is 138 Å². The molecule has 0 spiro atoms. The fourth-order valence-corrected chi connectivity index (χ4v) is 2.56. The van der Waals surface area contributed by atoms with Crippen molar-refractivity contribution in [3.63, 3.8) is 0 Å². The molecule has 24 heavy (non-hydrogen) atoms. The average Bonchev–Trinajstić information content (AvgIpc) is 2.55. The molecule has 0 aliphatic heterocycles. The molecule has 0 aliphatic rings. The molecule has 1 unspecified atom stereocenters. The van der Waals surface area contributed by atoms with Crippen molar-refractivity contribution in [2.24, 2.45) is 0 Å². The maximum Gasteiger partial charge on any atom is 0.416 e. The number of carbonyl (C=O) groups is 1.